The number of nitrogens with zero attached hydrogens (tertiary/aromatic N) is 2. The van der Waals surface area contributed by atoms with Crippen LogP contribution in [0.3, 0.4) is 0 Å². The predicted molar refractivity (Wildman–Crippen MR) is 56.1 cm³/mol. The normalized spacial score (nSPS) is 11.4. The molecule has 1 aromatic heterocycles. The predicted octanol–water partition coefficient (Wildman–Crippen LogP) is 0.952. The molecule has 74 valence electrons. The standard InChI is InChI=1S/C10H13N3O/c1-4-7-6-13(3)12-9(7)8(5-2)10(11)14/h4-6H,1H2,2-3H3,(H2,11,14)/b8-5+. The van der Waals surface area contributed by atoms with Crippen molar-refractivity contribution in [3.8, 4) is 0 Å². The zero-order valence-corrected chi connectivity index (χ0v) is 8.32. The molecule has 0 saturated heterocycles. The number of aromatic nitrogens is 2. The molecule has 0 aromatic carbocycles. The second-order valence-corrected chi connectivity index (χ2v) is 2.88. The number of aryl methyl sites for hydroxylation is 1. The Morgan fingerprint density at radius 3 is 2.79 bits per heavy atom. The molecule has 1 aromatic rings. The minimum absolute atomic E-state index is 0.417. The molecule has 1 heterocycles. The minimum atomic E-state index is -0.477. The van der Waals surface area contributed by atoms with E-state index in [0.29, 0.717) is 11.3 Å². The topological polar surface area (TPSA) is 60.9 Å². The van der Waals surface area contributed by atoms with Gasteiger partial charge in [0.1, 0.15) is 5.69 Å². The van der Waals surface area contributed by atoms with Crippen LogP contribution in [0.5, 0.6) is 0 Å². The van der Waals surface area contributed by atoms with Crippen LogP contribution in [-0.2, 0) is 11.8 Å². The number of hydrogen-bond donors (Lipinski definition) is 1. The Balaban J connectivity index is 3.29. The van der Waals surface area contributed by atoms with Gasteiger partial charge in [0.2, 0.25) is 0 Å². The Morgan fingerprint density at radius 1 is 1.71 bits per heavy atom. The van der Waals surface area contributed by atoms with E-state index in [2.05, 4.69) is 11.7 Å². The summed E-state index contributed by atoms with van der Waals surface area (Å²) >= 11 is 0. The van der Waals surface area contributed by atoms with E-state index in [4.69, 9.17) is 5.73 Å². The molecular weight excluding hydrogens is 178 g/mol. The summed E-state index contributed by atoms with van der Waals surface area (Å²) in [6, 6.07) is 0. The van der Waals surface area contributed by atoms with Crippen molar-refractivity contribution in [2.45, 2.75) is 6.92 Å². The monoisotopic (exact) mass is 191 g/mol. The second-order valence-electron chi connectivity index (χ2n) is 2.88. The van der Waals surface area contributed by atoms with E-state index in [-0.39, 0.29) is 0 Å². The van der Waals surface area contributed by atoms with Gasteiger partial charge in [-0.2, -0.15) is 5.10 Å². The van der Waals surface area contributed by atoms with Crippen LogP contribution in [0.1, 0.15) is 18.2 Å². The molecule has 0 saturated carbocycles. The number of hydrogen-bond acceptors (Lipinski definition) is 2. The maximum Gasteiger partial charge on any atom is 0.250 e. The highest BCUT2D eigenvalue weighted by Crippen LogP contribution is 2.17. The average Bonchev–Trinajstić information content (AvgIpc) is 2.47. The molecule has 14 heavy (non-hydrogen) atoms. The maximum absolute atomic E-state index is 11.1. The molecule has 0 unspecified atom stereocenters. The van der Waals surface area contributed by atoms with Gasteiger partial charge in [0.05, 0.1) is 5.57 Å². The van der Waals surface area contributed by atoms with Gasteiger partial charge in [0.15, 0.2) is 0 Å². The fourth-order valence-electron chi connectivity index (χ4n) is 1.26. The first kappa shape index (κ1) is 10.2. The third kappa shape index (κ3) is 1.74. The van der Waals surface area contributed by atoms with Crippen molar-refractivity contribution >= 4 is 17.6 Å². The van der Waals surface area contributed by atoms with Crippen LogP contribution >= 0.6 is 0 Å². The van der Waals surface area contributed by atoms with Gasteiger partial charge in [-0.05, 0) is 6.92 Å². The number of rotatable bonds is 3. The summed E-state index contributed by atoms with van der Waals surface area (Å²) in [6.45, 7) is 5.40. The highest BCUT2D eigenvalue weighted by atomic mass is 16.1. The van der Waals surface area contributed by atoms with Gasteiger partial charge >= 0.3 is 0 Å². The second kappa shape index (κ2) is 3.91. The molecule has 1 rings (SSSR count). The van der Waals surface area contributed by atoms with E-state index in [1.54, 1.807) is 37.0 Å². The van der Waals surface area contributed by atoms with Gasteiger partial charge in [0.25, 0.3) is 5.91 Å². The summed E-state index contributed by atoms with van der Waals surface area (Å²) in [4.78, 5) is 11.1. The number of carbonyl (C=O) groups is 1. The third-order valence-electron chi connectivity index (χ3n) is 1.89. The molecule has 0 aliphatic rings. The fraction of sp³-hybridized carbons (Fsp3) is 0.200. The van der Waals surface area contributed by atoms with E-state index in [1.165, 1.54) is 0 Å². The minimum Gasteiger partial charge on any atom is -0.366 e. The van der Waals surface area contributed by atoms with Gasteiger partial charge in [-0.1, -0.05) is 18.7 Å². The SMILES string of the molecule is C=Cc1cn(C)nc1/C(=C\C)C(N)=O. The quantitative estimate of drug-likeness (QED) is 0.723. The van der Waals surface area contributed by atoms with Gasteiger partial charge in [-0.25, -0.2) is 0 Å². The lowest BCUT2D eigenvalue weighted by atomic mass is 10.1. The molecule has 2 N–H and O–H groups in total. The van der Waals surface area contributed by atoms with Crippen LogP contribution < -0.4 is 5.73 Å². The molecule has 4 nitrogen and oxygen atoms in total. The zero-order valence-electron chi connectivity index (χ0n) is 8.32. The van der Waals surface area contributed by atoms with E-state index >= 15 is 0 Å². The first-order valence-electron chi connectivity index (χ1n) is 4.22. The molecular formula is C10H13N3O. The van der Waals surface area contributed by atoms with E-state index in [9.17, 15) is 4.79 Å². The molecule has 1 amide bonds. The van der Waals surface area contributed by atoms with Crippen LogP contribution in [0.4, 0.5) is 0 Å². The third-order valence-corrected chi connectivity index (χ3v) is 1.89. The molecule has 0 fully saturated rings. The molecule has 0 atom stereocenters. The van der Waals surface area contributed by atoms with Crippen molar-refractivity contribution in [1.82, 2.24) is 9.78 Å². The molecule has 0 radical (unpaired) electrons. The summed E-state index contributed by atoms with van der Waals surface area (Å²) in [6.07, 6.45) is 5.08. The maximum atomic E-state index is 11.1. The number of nitrogens with two attached hydrogens (primary N) is 1. The first-order valence-corrected chi connectivity index (χ1v) is 4.22. The summed E-state index contributed by atoms with van der Waals surface area (Å²) in [5.74, 6) is -0.477. The van der Waals surface area contributed by atoms with Crippen molar-refractivity contribution in [2.75, 3.05) is 0 Å². The Kier molecular flexibility index (Phi) is 2.86. The molecule has 0 bridgehead atoms. The first-order chi connectivity index (χ1) is 6.60. The van der Waals surface area contributed by atoms with Gasteiger partial charge < -0.3 is 5.73 Å². The van der Waals surface area contributed by atoms with Crippen molar-refractivity contribution in [3.05, 3.63) is 30.1 Å². The van der Waals surface area contributed by atoms with Crippen molar-refractivity contribution in [3.63, 3.8) is 0 Å². The molecule has 0 spiro atoms. The van der Waals surface area contributed by atoms with Crippen LogP contribution in [0.25, 0.3) is 11.6 Å². The van der Waals surface area contributed by atoms with E-state index in [1.807, 2.05) is 0 Å². The summed E-state index contributed by atoms with van der Waals surface area (Å²) in [7, 11) is 1.78. The van der Waals surface area contributed by atoms with Crippen LogP contribution in [0.2, 0.25) is 0 Å². The summed E-state index contributed by atoms with van der Waals surface area (Å²) < 4.78 is 1.62. The Morgan fingerprint density at radius 2 is 2.36 bits per heavy atom. The molecule has 0 aliphatic heterocycles. The summed E-state index contributed by atoms with van der Waals surface area (Å²) in [5, 5.41) is 4.15. The van der Waals surface area contributed by atoms with Crippen molar-refractivity contribution < 1.29 is 4.79 Å². The highest BCUT2D eigenvalue weighted by Gasteiger charge is 2.13. The largest absolute Gasteiger partial charge is 0.366 e. The van der Waals surface area contributed by atoms with E-state index in [0.717, 1.165) is 5.56 Å². The zero-order chi connectivity index (χ0) is 10.7. The van der Waals surface area contributed by atoms with Gasteiger partial charge in [0, 0.05) is 18.8 Å². The lowest BCUT2D eigenvalue weighted by Crippen LogP contribution is -2.13. The van der Waals surface area contributed by atoms with Crippen molar-refractivity contribution in [2.24, 2.45) is 12.8 Å². The number of carbonyl (C=O) groups excluding carboxylic acids is 1. The van der Waals surface area contributed by atoms with Crippen molar-refractivity contribution in [1.29, 1.82) is 0 Å². The van der Waals surface area contributed by atoms with Crippen LogP contribution in [-0.4, -0.2) is 15.7 Å². The summed E-state index contributed by atoms with van der Waals surface area (Å²) in [5.41, 5.74) is 7.02. The molecule has 0 aliphatic carbocycles. The number of allylic oxidation sites excluding steroid dienone is 1. The highest BCUT2D eigenvalue weighted by molar-refractivity contribution is 6.18. The fourth-order valence-corrected chi connectivity index (χ4v) is 1.26. The van der Waals surface area contributed by atoms with Crippen LogP contribution in [0.15, 0.2) is 18.9 Å². The lowest BCUT2D eigenvalue weighted by Gasteiger charge is -1.98. The lowest BCUT2D eigenvalue weighted by molar-refractivity contribution is -0.112. The Bertz CT molecular complexity index is 401. The van der Waals surface area contributed by atoms with Crippen LogP contribution in [0, 0.1) is 0 Å². The Hall–Kier alpha value is -1.84. The smallest absolute Gasteiger partial charge is 0.250 e. The average molecular weight is 191 g/mol. The number of primary amides is 1. The molecule has 4 heteroatoms. The number of amides is 1. The Labute approximate surface area is 82.7 Å². The van der Waals surface area contributed by atoms with Gasteiger partial charge in [-0.3, -0.25) is 9.48 Å². The van der Waals surface area contributed by atoms with Gasteiger partial charge in [-0.15, -0.1) is 0 Å². The van der Waals surface area contributed by atoms with E-state index < -0.39 is 5.91 Å².